The first-order valence-corrected chi connectivity index (χ1v) is 8.75. The van der Waals surface area contributed by atoms with E-state index in [0.29, 0.717) is 41.3 Å². The van der Waals surface area contributed by atoms with E-state index in [1.54, 1.807) is 41.5 Å². The topological polar surface area (TPSA) is 84.4 Å². The average Bonchev–Trinajstić information content (AvgIpc) is 3.33. The lowest BCUT2D eigenvalue weighted by atomic mass is 9.97. The van der Waals surface area contributed by atoms with Crippen LogP contribution in [-0.4, -0.2) is 34.2 Å². The van der Waals surface area contributed by atoms with Gasteiger partial charge >= 0.3 is 6.03 Å². The minimum Gasteiger partial charge on any atom is -0.459 e. The second kappa shape index (κ2) is 7.21. The second-order valence-corrected chi connectivity index (χ2v) is 6.56. The molecule has 0 aliphatic carbocycles. The van der Waals surface area contributed by atoms with Crippen molar-refractivity contribution in [3.63, 3.8) is 0 Å². The van der Waals surface area contributed by atoms with Crippen LogP contribution in [0.4, 0.5) is 10.5 Å². The van der Waals surface area contributed by atoms with Crippen molar-refractivity contribution in [1.29, 1.82) is 0 Å². The number of urea groups is 1. The number of likely N-dealkylation sites (tertiary alicyclic amines) is 1. The third kappa shape index (κ3) is 3.57. The van der Waals surface area contributed by atoms with Crippen molar-refractivity contribution >= 4 is 23.3 Å². The number of hydrogen-bond acceptors (Lipinski definition) is 5. The van der Waals surface area contributed by atoms with Gasteiger partial charge < -0.3 is 19.1 Å². The maximum absolute atomic E-state index is 12.4. The quantitative estimate of drug-likeness (QED) is 0.736. The highest BCUT2D eigenvalue weighted by Crippen LogP contribution is 2.29. The molecule has 0 spiro atoms. The number of rotatable bonds is 3. The van der Waals surface area contributed by atoms with E-state index in [1.165, 1.54) is 0 Å². The van der Waals surface area contributed by atoms with Gasteiger partial charge in [-0.1, -0.05) is 17.7 Å². The maximum atomic E-state index is 12.4. The molecule has 7 nitrogen and oxygen atoms in total. The Bertz CT molecular complexity index is 885. The minimum absolute atomic E-state index is 0.132. The molecule has 8 heteroatoms. The van der Waals surface area contributed by atoms with Crippen LogP contribution in [0, 0.1) is 0 Å². The summed E-state index contributed by atoms with van der Waals surface area (Å²) >= 11 is 5.95. The van der Waals surface area contributed by atoms with E-state index in [2.05, 4.69) is 15.5 Å². The molecular formula is C18H17ClN4O3. The normalized spacial score (nSPS) is 15.2. The molecule has 2 aromatic heterocycles. The van der Waals surface area contributed by atoms with E-state index in [1.807, 2.05) is 6.07 Å². The van der Waals surface area contributed by atoms with Gasteiger partial charge in [0.1, 0.15) is 0 Å². The first-order chi connectivity index (χ1) is 12.7. The molecule has 1 N–H and O–H groups in total. The summed E-state index contributed by atoms with van der Waals surface area (Å²) in [6.07, 6.45) is 3.10. The number of carbonyl (C=O) groups is 1. The van der Waals surface area contributed by atoms with Crippen molar-refractivity contribution in [2.24, 2.45) is 0 Å². The molecular weight excluding hydrogens is 356 g/mol. The number of hydrogen-bond donors (Lipinski definition) is 1. The number of nitrogens with zero attached hydrogens (tertiary/aromatic N) is 3. The molecule has 0 unspecified atom stereocenters. The SMILES string of the molecule is O=C(Nc1cccc(Cl)c1)N1CCC(c2nnc(-c3ccco3)o2)CC1. The van der Waals surface area contributed by atoms with Crippen LogP contribution in [0.5, 0.6) is 0 Å². The smallest absolute Gasteiger partial charge is 0.321 e. The molecule has 1 aliphatic heterocycles. The van der Waals surface area contributed by atoms with Gasteiger partial charge in [0, 0.05) is 29.7 Å². The lowest BCUT2D eigenvalue weighted by molar-refractivity contribution is 0.190. The Labute approximate surface area is 155 Å². The summed E-state index contributed by atoms with van der Waals surface area (Å²) < 4.78 is 11.0. The number of halogens is 1. The van der Waals surface area contributed by atoms with E-state index in [-0.39, 0.29) is 11.9 Å². The molecule has 0 saturated carbocycles. The van der Waals surface area contributed by atoms with Crippen molar-refractivity contribution < 1.29 is 13.6 Å². The Hall–Kier alpha value is -2.80. The fraction of sp³-hybridized carbons (Fsp3) is 0.278. The minimum atomic E-state index is -0.132. The maximum Gasteiger partial charge on any atom is 0.321 e. The van der Waals surface area contributed by atoms with Crippen molar-refractivity contribution in [3.05, 3.63) is 53.6 Å². The van der Waals surface area contributed by atoms with Crippen molar-refractivity contribution in [2.75, 3.05) is 18.4 Å². The van der Waals surface area contributed by atoms with Crippen LogP contribution < -0.4 is 5.32 Å². The molecule has 26 heavy (non-hydrogen) atoms. The first kappa shape index (κ1) is 16.7. The van der Waals surface area contributed by atoms with Crippen LogP contribution in [0.25, 0.3) is 11.7 Å². The Balaban J connectivity index is 1.34. The Morgan fingerprint density at radius 2 is 2.04 bits per heavy atom. The summed E-state index contributed by atoms with van der Waals surface area (Å²) in [4.78, 5) is 14.2. The molecule has 1 aromatic carbocycles. The van der Waals surface area contributed by atoms with Crippen LogP contribution in [0.15, 0.2) is 51.5 Å². The second-order valence-electron chi connectivity index (χ2n) is 6.12. The van der Waals surface area contributed by atoms with Crippen LogP contribution in [0.1, 0.15) is 24.7 Å². The van der Waals surface area contributed by atoms with Gasteiger partial charge in [0.15, 0.2) is 5.76 Å². The molecule has 3 aromatic rings. The highest BCUT2D eigenvalue weighted by molar-refractivity contribution is 6.30. The van der Waals surface area contributed by atoms with Crippen molar-refractivity contribution in [2.45, 2.75) is 18.8 Å². The number of benzene rings is 1. The predicted molar refractivity (Wildman–Crippen MR) is 96.0 cm³/mol. The summed E-state index contributed by atoms with van der Waals surface area (Å²) in [7, 11) is 0. The number of piperidine rings is 1. The number of nitrogens with one attached hydrogen (secondary N) is 1. The predicted octanol–water partition coefficient (Wildman–Crippen LogP) is 4.39. The zero-order valence-electron chi connectivity index (χ0n) is 13.9. The zero-order chi connectivity index (χ0) is 17.9. The van der Waals surface area contributed by atoms with Crippen molar-refractivity contribution in [1.82, 2.24) is 15.1 Å². The summed E-state index contributed by atoms with van der Waals surface area (Å²) in [5.74, 6) is 1.67. The van der Waals surface area contributed by atoms with Crippen LogP contribution in [0.3, 0.4) is 0 Å². The number of amides is 2. The fourth-order valence-corrected chi connectivity index (χ4v) is 3.19. The van der Waals surface area contributed by atoms with Crippen LogP contribution in [0.2, 0.25) is 5.02 Å². The van der Waals surface area contributed by atoms with Gasteiger partial charge in [-0.15, -0.1) is 10.2 Å². The summed E-state index contributed by atoms with van der Waals surface area (Å²) in [6, 6.07) is 10.5. The summed E-state index contributed by atoms with van der Waals surface area (Å²) in [5, 5.41) is 11.6. The first-order valence-electron chi connectivity index (χ1n) is 8.38. The summed E-state index contributed by atoms with van der Waals surface area (Å²) in [6.45, 7) is 1.24. The average molecular weight is 373 g/mol. The van der Waals surface area contributed by atoms with Gasteiger partial charge in [-0.05, 0) is 43.2 Å². The zero-order valence-corrected chi connectivity index (χ0v) is 14.6. The molecule has 2 amide bonds. The molecule has 3 heterocycles. The van der Waals surface area contributed by atoms with E-state index in [9.17, 15) is 4.79 Å². The van der Waals surface area contributed by atoms with E-state index in [4.69, 9.17) is 20.4 Å². The highest BCUT2D eigenvalue weighted by atomic mass is 35.5. The third-order valence-electron chi connectivity index (χ3n) is 4.38. The van der Waals surface area contributed by atoms with Gasteiger partial charge in [0.05, 0.1) is 6.26 Å². The molecule has 4 rings (SSSR count). The van der Waals surface area contributed by atoms with Gasteiger partial charge in [-0.25, -0.2) is 4.79 Å². The van der Waals surface area contributed by atoms with E-state index >= 15 is 0 Å². The van der Waals surface area contributed by atoms with Gasteiger partial charge in [-0.2, -0.15) is 0 Å². The standard InChI is InChI=1S/C18H17ClN4O3/c19-13-3-1-4-14(11-13)20-18(24)23-8-6-12(7-9-23)16-21-22-17(26-16)15-5-2-10-25-15/h1-5,10-12H,6-9H2,(H,20,24). The molecule has 1 saturated heterocycles. The molecule has 0 atom stereocenters. The fourth-order valence-electron chi connectivity index (χ4n) is 3.00. The molecule has 134 valence electrons. The lowest BCUT2D eigenvalue weighted by Crippen LogP contribution is -2.40. The monoisotopic (exact) mass is 372 g/mol. The number of aromatic nitrogens is 2. The van der Waals surface area contributed by atoms with Crippen LogP contribution in [-0.2, 0) is 0 Å². The summed E-state index contributed by atoms with van der Waals surface area (Å²) in [5.41, 5.74) is 0.685. The van der Waals surface area contributed by atoms with E-state index in [0.717, 1.165) is 12.8 Å². The van der Waals surface area contributed by atoms with Crippen molar-refractivity contribution in [3.8, 4) is 11.7 Å². The van der Waals surface area contributed by atoms with Gasteiger partial charge in [0.2, 0.25) is 5.89 Å². The highest BCUT2D eigenvalue weighted by Gasteiger charge is 2.27. The lowest BCUT2D eigenvalue weighted by Gasteiger charge is -2.30. The third-order valence-corrected chi connectivity index (χ3v) is 4.61. The van der Waals surface area contributed by atoms with E-state index < -0.39 is 0 Å². The molecule has 0 bridgehead atoms. The molecule has 1 fully saturated rings. The number of furan rings is 1. The molecule has 1 aliphatic rings. The van der Waals surface area contributed by atoms with Gasteiger partial charge in [-0.3, -0.25) is 0 Å². The number of carbonyl (C=O) groups excluding carboxylic acids is 1. The van der Waals surface area contributed by atoms with Gasteiger partial charge in [0.25, 0.3) is 5.89 Å². The Kier molecular flexibility index (Phi) is 4.62. The largest absolute Gasteiger partial charge is 0.459 e. The molecule has 0 radical (unpaired) electrons. The Morgan fingerprint density at radius 1 is 1.19 bits per heavy atom. The Morgan fingerprint density at radius 3 is 2.77 bits per heavy atom. The number of anilines is 1. The van der Waals surface area contributed by atoms with Crippen LogP contribution >= 0.6 is 11.6 Å².